The van der Waals surface area contributed by atoms with Gasteiger partial charge in [-0.2, -0.15) is 0 Å². The molecule has 3 nitrogen and oxygen atoms in total. The maximum atomic E-state index is 11.9. The Bertz CT molecular complexity index is 546. The first-order valence-corrected chi connectivity index (χ1v) is 7.26. The average Bonchev–Trinajstić information content (AvgIpc) is 2.87. The van der Waals surface area contributed by atoms with E-state index in [1.165, 1.54) is 35.4 Å². The molecule has 3 heteroatoms. The van der Waals surface area contributed by atoms with Gasteiger partial charge in [-0.25, -0.2) is 0 Å². The molecule has 1 aromatic heterocycles. The van der Waals surface area contributed by atoms with Gasteiger partial charge in [0.15, 0.2) is 0 Å². The van der Waals surface area contributed by atoms with Crippen molar-refractivity contribution in [2.24, 2.45) is 0 Å². The summed E-state index contributed by atoms with van der Waals surface area (Å²) in [4.78, 5) is 16.7. The van der Waals surface area contributed by atoms with Gasteiger partial charge in [-0.1, -0.05) is 6.08 Å². The molecule has 0 fully saturated rings. The molecule has 0 aliphatic heterocycles. The van der Waals surface area contributed by atoms with Gasteiger partial charge in [-0.15, -0.1) is 0 Å². The minimum Gasteiger partial charge on any atom is -0.322 e. The van der Waals surface area contributed by atoms with E-state index < -0.39 is 0 Å². The highest BCUT2D eigenvalue weighted by Crippen LogP contribution is 2.35. The first-order valence-electron chi connectivity index (χ1n) is 7.26. The standard InChI is InChI=1S/C16H20N2O/c1-2-6-15(19)18-16-11-7-3-4-9-13(11)17-14-10-5-8-12(14)16/h2,6H,3-5,7-10H2,1H3,(H,17,18,19)/b6-2-. The molecule has 1 N–H and O–H groups in total. The van der Waals surface area contributed by atoms with Crippen molar-refractivity contribution in [3.8, 4) is 0 Å². The van der Waals surface area contributed by atoms with Gasteiger partial charge in [-0.05, 0) is 69.1 Å². The Hall–Kier alpha value is -1.64. The van der Waals surface area contributed by atoms with Crippen molar-refractivity contribution in [3.05, 3.63) is 34.7 Å². The van der Waals surface area contributed by atoms with Crippen LogP contribution in [0.25, 0.3) is 0 Å². The van der Waals surface area contributed by atoms with E-state index in [-0.39, 0.29) is 5.91 Å². The second-order valence-electron chi connectivity index (χ2n) is 5.39. The highest BCUT2D eigenvalue weighted by Gasteiger charge is 2.24. The Balaban J connectivity index is 2.05. The van der Waals surface area contributed by atoms with Gasteiger partial charge in [-0.3, -0.25) is 9.78 Å². The van der Waals surface area contributed by atoms with Crippen molar-refractivity contribution in [1.29, 1.82) is 0 Å². The zero-order chi connectivity index (χ0) is 13.2. The summed E-state index contributed by atoms with van der Waals surface area (Å²) in [5.41, 5.74) is 6.11. The molecule has 0 saturated heterocycles. The van der Waals surface area contributed by atoms with Crippen molar-refractivity contribution in [1.82, 2.24) is 4.98 Å². The Kier molecular flexibility index (Phi) is 3.36. The van der Waals surface area contributed by atoms with E-state index in [4.69, 9.17) is 4.98 Å². The molecule has 3 rings (SSSR count). The number of rotatable bonds is 2. The molecule has 2 aliphatic rings. The average molecular weight is 256 g/mol. The maximum absolute atomic E-state index is 11.9. The largest absolute Gasteiger partial charge is 0.322 e. The molecule has 2 aliphatic carbocycles. The van der Waals surface area contributed by atoms with Crippen LogP contribution in [0.2, 0.25) is 0 Å². The van der Waals surface area contributed by atoms with Gasteiger partial charge in [0.1, 0.15) is 0 Å². The molecule has 0 spiro atoms. The van der Waals surface area contributed by atoms with E-state index in [1.54, 1.807) is 12.2 Å². The minimum absolute atomic E-state index is 0.0180. The molecule has 0 unspecified atom stereocenters. The Morgan fingerprint density at radius 1 is 1.05 bits per heavy atom. The number of anilines is 1. The summed E-state index contributed by atoms with van der Waals surface area (Å²) in [6.45, 7) is 1.87. The quantitative estimate of drug-likeness (QED) is 0.827. The summed E-state index contributed by atoms with van der Waals surface area (Å²) >= 11 is 0. The van der Waals surface area contributed by atoms with E-state index in [9.17, 15) is 4.79 Å². The number of nitrogens with one attached hydrogen (secondary N) is 1. The van der Waals surface area contributed by atoms with E-state index in [0.717, 1.165) is 37.8 Å². The van der Waals surface area contributed by atoms with Gasteiger partial charge < -0.3 is 5.32 Å². The molecular weight excluding hydrogens is 236 g/mol. The number of pyridine rings is 1. The second kappa shape index (κ2) is 5.16. The molecule has 0 saturated carbocycles. The lowest BCUT2D eigenvalue weighted by Crippen LogP contribution is -2.17. The Labute approximate surface area is 114 Å². The molecule has 100 valence electrons. The first kappa shape index (κ1) is 12.4. The summed E-state index contributed by atoms with van der Waals surface area (Å²) in [6.07, 6.45) is 11.2. The van der Waals surface area contributed by atoms with Gasteiger partial charge in [0.2, 0.25) is 5.91 Å². The number of hydrogen-bond donors (Lipinski definition) is 1. The lowest BCUT2D eigenvalue weighted by atomic mass is 9.92. The van der Waals surface area contributed by atoms with Crippen molar-refractivity contribution in [2.45, 2.75) is 51.9 Å². The smallest absolute Gasteiger partial charge is 0.248 e. The number of aryl methyl sites for hydroxylation is 2. The third-order valence-electron chi connectivity index (χ3n) is 4.07. The monoisotopic (exact) mass is 256 g/mol. The summed E-state index contributed by atoms with van der Waals surface area (Å²) in [7, 11) is 0. The summed E-state index contributed by atoms with van der Waals surface area (Å²) < 4.78 is 0. The van der Waals surface area contributed by atoms with E-state index in [1.807, 2.05) is 6.92 Å². The van der Waals surface area contributed by atoms with Gasteiger partial charge >= 0.3 is 0 Å². The van der Waals surface area contributed by atoms with Crippen LogP contribution in [0, 0.1) is 0 Å². The predicted molar refractivity (Wildman–Crippen MR) is 76.3 cm³/mol. The van der Waals surface area contributed by atoms with Crippen LogP contribution < -0.4 is 5.32 Å². The first-order chi connectivity index (χ1) is 9.29. The fourth-order valence-electron chi connectivity index (χ4n) is 3.21. The molecule has 0 radical (unpaired) electrons. The minimum atomic E-state index is -0.0180. The van der Waals surface area contributed by atoms with Crippen LogP contribution in [0.4, 0.5) is 5.69 Å². The summed E-state index contributed by atoms with van der Waals surface area (Å²) in [6, 6.07) is 0. The van der Waals surface area contributed by atoms with Gasteiger partial charge in [0.05, 0.1) is 5.69 Å². The molecule has 1 amide bonds. The molecule has 0 aromatic carbocycles. The molecule has 0 atom stereocenters. The predicted octanol–water partition coefficient (Wildman–Crippen LogP) is 2.96. The number of carbonyl (C=O) groups excluding carboxylic acids is 1. The highest BCUT2D eigenvalue weighted by molar-refractivity contribution is 6.00. The van der Waals surface area contributed by atoms with Gasteiger partial charge in [0, 0.05) is 11.4 Å². The Morgan fingerprint density at radius 2 is 1.68 bits per heavy atom. The number of amides is 1. The van der Waals surface area contributed by atoms with Crippen LogP contribution in [-0.4, -0.2) is 10.9 Å². The molecule has 19 heavy (non-hydrogen) atoms. The van der Waals surface area contributed by atoms with Crippen LogP contribution in [0.5, 0.6) is 0 Å². The van der Waals surface area contributed by atoms with E-state index in [0.29, 0.717) is 0 Å². The number of aromatic nitrogens is 1. The van der Waals surface area contributed by atoms with E-state index >= 15 is 0 Å². The van der Waals surface area contributed by atoms with Gasteiger partial charge in [0.25, 0.3) is 0 Å². The number of fused-ring (bicyclic) bond motifs is 2. The van der Waals surface area contributed by atoms with Crippen molar-refractivity contribution in [2.75, 3.05) is 5.32 Å². The van der Waals surface area contributed by atoms with E-state index in [2.05, 4.69) is 5.32 Å². The second-order valence-corrected chi connectivity index (χ2v) is 5.39. The topological polar surface area (TPSA) is 42.0 Å². The van der Waals surface area contributed by atoms with Crippen LogP contribution >= 0.6 is 0 Å². The number of nitrogens with zero attached hydrogens (tertiary/aromatic N) is 1. The summed E-state index contributed by atoms with van der Waals surface area (Å²) in [5.74, 6) is -0.0180. The maximum Gasteiger partial charge on any atom is 0.248 e. The zero-order valence-corrected chi connectivity index (χ0v) is 11.5. The molecular formula is C16H20N2O. The van der Waals surface area contributed by atoms with Crippen LogP contribution in [0.1, 0.15) is 48.7 Å². The number of carbonyl (C=O) groups is 1. The number of allylic oxidation sites excluding steroid dienone is 1. The number of hydrogen-bond acceptors (Lipinski definition) is 2. The fourth-order valence-corrected chi connectivity index (χ4v) is 3.21. The van der Waals surface area contributed by atoms with Crippen LogP contribution in [-0.2, 0) is 30.5 Å². The van der Waals surface area contributed by atoms with Crippen molar-refractivity contribution < 1.29 is 4.79 Å². The summed E-state index contributed by atoms with van der Waals surface area (Å²) in [5, 5.41) is 3.11. The third-order valence-corrected chi connectivity index (χ3v) is 4.07. The highest BCUT2D eigenvalue weighted by atomic mass is 16.1. The fraction of sp³-hybridized carbons (Fsp3) is 0.500. The molecule has 0 bridgehead atoms. The zero-order valence-electron chi connectivity index (χ0n) is 11.5. The van der Waals surface area contributed by atoms with Crippen LogP contribution in [0.3, 0.4) is 0 Å². The van der Waals surface area contributed by atoms with Crippen molar-refractivity contribution in [3.63, 3.8) is 0 Å². The molecule has 1 aromatic rings. The van der Waals surface area contributed by atoms with Crippen molar-refractivity contribution >= 4 is 11.6 Å². The lowest BCUT2D eigenvalue weighted by molar-refractivity contribution is -0.111. The Morgan fingerprint density at radius 3 is 2.42 bits per heavy atom. The SMILES string of the molecule is C/C=C\C(=O)Nc1c2c(nc3c1CCC3)CCCC2. The third kappa shape index (κ3) is 2.29. The van der Waals surface area contributed by atoms with Crippen LogP contribution in [0.15, 0.2) is 12.2 Å². The normalized spacial score (nSPS) is 17.3. The lowest BCUT2D eigenvalue weighted by Gasteiger charge is -2.21. The molecule has 1 heterocycles.